The van der Waals surface area contributed by atoms with Gasteiger partial charge in [0.1, 0.15) is 0 Å². The molecule has 0 aliphatic rings. The molecule has 21 heavy (non-hydrogen) atoms. The maximum absolute atomic E-state index is 11.1. The van der Waals surface area contributed by atoms with Crippen molar-refractivity contribution in [2.75, 3.05) is 0 Å². The monoisotopic (exact) mass is 352 g/mol. The van der Waals surface area contributed by atoms with Gasteiger partial charge >= 0.3 is 0 Å². The number of nitro groups is 1. The van der Waals surface area contributed by atoms with Crippen molar-refractivity contribution in [3.8, 4) is 0 Å². The molecule has 2 aromatic rings. The minimum atomic E-state index is -0.370. The highest BCUT2D eigenvalue weighted by Gasteiger charge is 2.14. The third-order valence-electron chi connectivity index (χ3n) is 2.98. The van der Waals surface area contributed by atoms with Crippen LogP contribution in [-0.2, 0) is 13.1 Å². The number of rotatable bonds is 6. The summed E-state index contributed by atoms with van der Waals surface area (Å²) in [6.07, 6.45) is 3.68. The molecular weight excluding hydrogens is 336 g/mol. The molecule has 2 rings (SSSR count). The molecule has 0 saturated heterocycles. The fourth-order valence-electron chi connectivity index (χ4n) is 1.92. The summed E-state index contributed by atoms with van der Waals surface area (Å²) in [5, 5.41) is 18.7. The fraction of sp³-hybridized carbons (Fsp3) is 0.357. The van der Waals surface area contributed by atoms with Crippen molar-refractivity contribution in [1.82, 2.24) is 15.1 Å². The lowest BCUT2D eigenvalue weighted by Crippen LogP contribution is -2.21. The van der Waals surface area contributed by atoms with Gasteiger partial charge in [-0.2, -0.15) is 5.10 Å². The molecular formula is C14H17BrN4O2. The first kappa shape index (κ1) is 15.7. The van der Waals surface area contributed by atoms with Gasteiger partial charge in [-0.1, -0.05) is 29.8 Å². The van der Waals surface area contributed by atoms with Gasteiger partial charge in [-0.3, -0.25) is 14.8 Å². The molecule has 0 unspecified atom stereocenters. The van der Waals surface area contributed by atoms with E-state index in [1.54, 1.807) is 23.0 Å². The second-order valence-electron chi connectivity index (χ2n) is 5.11. The Bertz CT molecular complexity index is 640. The second kappa shape index (κ2) is 6.82. The Balaban J connectivity index is 2.13. The van der Waals surface area contributed by atoms with E-state index in [0.717, 1.165) is 12.1 Å². The second-order valence-corrected chi connectivity index (χ2v) is 6.03. The molecule has 1 aromatic heterocycles. The minimum absolute atomic E-state index is 0.0988. The van der Waals surface area contributed by atoms with Gasteiger partial charge < -0.3 is 5.32 Å². The first-order valence-electron chi connectivity index (χ1n) is 6.63. The van der Waals surface area contributed by atoms with Crippen LogP contribution in [0.2, 0.25) is 0 Å². The molecule has 0 aliphatic carbocycles. The summed E-state index contributed by atoms with van der Waals surface area (Å²) in [7, 11) is 0. The number of halogens is 1. The van der Waals surface area contributed by atoms with E-state index in [1.807, 2.05) is 6.20 Å². The highest BCUT2D eigenvalue weighted by atomic mass is 79.9. The Morgan fingerprint density at radius 1 is 1.48 bits per heavy atom. The summed E-state index contributed by atoms with van der Waals surface area (Å²) >= 11 is 3.25. The normalized spacial score (nSPS) is 11.0. The van der Waals surface area contributed by atoms with E-state index in [1.165, 1.54) is 6.07 Å². The van der Waals surface area contributed by atoms with Crippen molar-refractivity contribution >= 4 is 21.6 Å². The van der Waals surface area contributed by atoms with E-state index in [4.69, 9.17) is 0 Å². The first-order chi connectivity index (χ1) is 9.95. The van der Waals surface area contributed by atoms with Crippen LogP contribution in [0.25, 0.3) is 0 Å². The van der Waals surface area contributed by atoms with Crippen molar-refractivity contribution in [3.05, 3.63) is 56.3 Å². The van der Waals surface area contributed by atoms with Crippen molar-refractivity contribution in [3.63, 3.8) is 0 Å². The summed E-state index contributed by atoms with van der Waals surface area (Å²) in [5.41, 5.74) is 1.79. The molecule has 0 radical (unpaired) electrons. The van der Waals surface area contributed by atoms with Crippen molar-refractivity contribution in [2.24, 2.45) is 0 Å². The minimum Gasteiger partial charge on any atom is -0.310 e. The zero-order valence-corrected chi connectivity index (χ0v) is 13.5. The van der Waals surface area contributed by atoms with E-state index in [2.05, 4.69) is 40.2 Å². The fourth-order valence-corrected chi connectivity index (χ4v) is 2.27. The van der Waals surface area contributed by atoms with Crippen LogP contribution in [0, 0.1) is 10.1 Å². The Kier molecular flexibility index (Phi) is 5.08. The molecule has 0 atom stereocenters. The van der Waals surface area contributed by atoms with Gasteiger partial charge in [-0.05, 0) is 12.1 Å². The predicted molar refractivity (Wildman–Crippen MR) is 84.1 cm³/mol. The van der Waals surface area contributed by atoms with Crippen molar-refractivity contribution in [1.29, 1.82) is 0 Å². The smallest absolute Gasteiger partial charge is 0.275 e. The molecule has 1 heterocycles. The summed E-state index contributed by atoms with van der Waals surface area (Å²) in [6.45, 7) is 5.27. The van der Waals surface area contributed by atoms with Crippen LogP contribution in [0.3, 0.4) is 0 Å². The zero-order valence-electron chi connectivity index (χ0n) is 11.9. The largest absolute Gasteiger partial charge is 0.310 e. The van der Waals surface area contributed by atoms with Gasteiger partial charge in [0.15, 0.2) is 0 Å². The van der Waals surface area contributed by atoms with Crippen molar-refractivity contribution < 1.29 is 4.92 Å². The Morgan fingerprint density at radius 3 is 2.90 bits per heavy atom. The number of benzene rings is 1. The molecule has 7 heteroatoms. The van der Waals surface area contributed by atoms with E-state index < -0.39 is 0 Å². The van der Waals surface area contributed by atoms with Crippen LogP contribution < -0.4 is 5.32 Å². The zero-order chi connectivity index (χ0) is 15.4. The van der Waals surface area contributed by atoms with Gasteiger partial charge in [0.25, 0.3) is 5.69 Å². The number of hydrogen-bond donors (Lipinski definition) is 1. The molecule has 112 valence electrons. The predicted octanol–water partition coefficient (Wildman–Crippen LogP) is 3.10. The lowest BCUT2D eigenvalue weighted by atomic mass is 10.2. The lowest BCUT2D eigenvalue weighted by Gasteiger charge is -2.05. The first-order valence-corrected chi connectivity index (χ1v) is 7.42. The summed E-state index contributed by atoms with van der Waals surface area (Å²) in [4.78, 5) is 10.7. The van der Waals surface area contributed by atoms with Gasteiger partial charge in [-0.25, -0.2) is 0 Å². The van der Waals surface area contributed by atoms with Crippen LogP contribution in [0.4, 0.5) is 5.69 Å². The third-order valence-corrected chi connectivity index (χ3v) is 3.47. The maximum Gasteiger partial charge on any atom is 0.275 e. The highest BCUT2D eigenvalue weighted by Crippen LogP contribution is 2.24. The SMILES string of the molecule is CC(C)NCc1cnn(Cc2ccc(Br)cc2[N+](=O)[O-])c1. The molecule has 0 amide bonds. The van der Waals surface area contributed by atoms with Crippen molar-refractivity contribution in [2.45, 2.75) is 33.0 Å². The number of hydrogen-bond acceptors (Lipinski definition) is 4. The topological polar surface area (TPSA) is 73.0 Å². The number of nitrogens with zero attached hydrogens (tertiary/aromatic N) is 3. The molecule has 6 nitrogen and oxygen atoms in total. The van der Waals surface area contributed by atoms with E-state index in [9.17, 15) is 10.1 Å². The van der Waals surface area contributed by atoms with Gasteiger partial charge in [-0.15, -0.1) is 0 Å². The lowest BCUT2D eigenvalue weighted by molar-refractivity contribution is -0.385. The van der Waals surface area contributed by atoms with Crippen LogP contribution >= 0.6 is 15.9 Å². The average Bonchev–Trinajstić information content (AvgIpc) is 2.86. The Hall–Kier alpha value is -1.73. The quantitative estimate of drug-likeness (QED) is 0.640. The van der Waals surface area contributed by atoms with E-state index in [-0.39, 0.29) is 10.6 Å². The standard InChI is InChI=1S/C14H17BrN4O2/c1-10(2)16-6-11-7-17-18(8-11)9-12-3-4-13(15)5-14(12)19(20)21/h3-5,7-8,10,16H,6,9H2,1-2H3. The molecule has 0 spiro atoms. The highest BCUT2D eigenvalue weighted by molar-refractivity contribution is 9.10. The summed E-state index contributed by atoms with van der Waals surface area (Å²) < 4.78 is 2.41. The molecule has 0 saturated carbocycles. The molecule has 0 bridgehead atoms. The van der Waals surface area contributed by atoms with Gasteiger partial charge in [0, 0.05) is 34.9 Å². The molecule has 1 aromatic carbocycles. The van der Waals surface area contributed by atoms with Crippen LogP contribution in [0.5, 0.6) is 0 Å². The molecule has 0 aliphatic heterocycles. The van der Waals surface area contributed by atoms with Gasteiger partial charge in [0.05, 0.1) is 23.2 Å². The Labute approximate surface area is 131 Å². The number of nitrogens with one attached hydrogen (secondary N) is 1. The Morgan fingerprint density at radius 2 is 2.24 bits per heavy atom. The van der Waals surface area contributed by atoms with Gasteiger partial charge in [0.2, 0.25) is 0 Å². The molecule has 1 N–H and O–H groups in total. The third kappa shape index (κ3) is 4.37. The van der Waals surface area contributed by atoms with Crippen LogP contribution in [0.15, 0.2) is 35.1 Å². The molecule has 0 fully saturated rings. The number of aromatic nitrogens is 2. The van der Waals surface area contributed by atoms with E-state index >= 15 is 0 Å². The maximum atomic E-state index is 11.1. The summed E-state index contributed by atoms with van der Waals surface area (Å²) in [6, 6.07) is 5.46. The van der Waals surface area contributed by atoms with E-state index in [0.29, 0.717) is 22.6 Å². The van der Waals surface area contributed by atoms with Crippen LogP contribution in [-0.4, -0.2) is 20.7 Å². The summed E-state index contributed by atoms with van der Waals surface area (Å²) in [5.74, 6) is 0. The number of nitro benzene ring substituents is 1. The average molecular weight is 353 g/mol. The van der Waals surface area contributed by atoms with Crippen LogP contribution in [0.1, 0.15) is 25.0 Å².